The van der Waals surface area contributed by atoms with E-state index in [1.165, 1.54) is 302 Å². The fourth-order valence-electron chi connectivity index (χ4n) is 10.6. The molecule has 75 heavy (non-hydrogen) atoms. The van der Waals surface area contributed by atoms with Gasteiger partial charge in [-0.1, -0.05) is 351 Å². The number of rotatable bonds is 63. The molecule has 0 fully saturated rings. The van der Waals surface area contributed by atoms with Crippen LogP contribution in [0.5, 0.6) is 0 Å². The second-order valence-corrected chi connectivity index (χ2v) is 23.2. The zero-order valence-corrected chi connectivity index (χ0v) is 50.8. The summed E-state index contributed by atoms with van der Waals surface area (Å²) in [4.78, 5) is 12.5. The number of carbonyl (C=O) groups excluding carboxylic acids is 1. The average Bonchev–Trinajstić information content (AvgIpc) is 3.41. The lowest BCUT2D eigenvalue weighted by atomic mass is 10.0. The van der Waals surface area contributed by atoms with Gasteiger partial charge in [-0.15, -0.1) is 0 Å². The van der Waals surface area contributed by atoms with Gasteiger partial charge < -0.3 is 15.5 Å². The molecule has 0 rings (SSSR count). The molecular formula is C71H133NO3. The average molecular weight is 1050 g/mol. The zero-order chi connectivity index (χ0) is 54.1. The van der Waals surface area contributed by atoms with Crippen LogP contribution in [0.3, 0.4) is 0 Å². The molecule has 0 heterocycles. The molecule has 0 saturated carbocycles. The second kappa shape index (κ2) is 66.4. The van der Waals surface area contributed by atoms with Crippen LogP contribution in [0.1, 0.15) is 367 Å². The van der Waals surface area contributed by atoms with E-state index < -0.39 is 12.1 Å². The first-order valence-electron chi connectivity index (χ1n) is 34.0. The van der Waals surface area contributed by atoms with Gasteiger partial charge in [-0.3, -0.25) is 4.79 Å². The summed E-state index contributed by atoms with van der Waals surface area (Å²) in [5, 5.41) is 23.2. The predicted molar refractivity (Wildman–Crippen MR) is 336 cm³/mol. The third kappa shape index (κ3) is 62.8. The Bertz CT molecular complexity index is 1230. The molecular weight excluding hydrogens is 915 g/mol. The molecule has 4 heteroatoms. The lowest BCUT2D eigenvalue weighted by molar-refractivity contribution is -0.123. The highest BCUT2D eigenvalue weighted by molar-refractivity contribution is 5.76. The Kier molecular flexibility index (Phi) is 64.7. The molecule has 0 aliphatic heterocycles. The molecule has 3 N–H and O–H groups in total. The predicted octanol–water partition coefficient (Wildman–Crippen LogP) is 23.1. The Morgan fingerprint density at radius 1 is 0.320 bits per heavy atom. The molecule has 1 amide bonds. The maximum absolute atomic E-state index is 12.5. The highest BCUT2D eigenvalue weighted by Gasteiger charge is 2.18. The van der Waals surface area contributed by atoms with Crippen LogP contribution in [-0.2, 0) is 4.79 Å². The molecule has 0 saturated heterocycles. The van der Waals surface area contributed by atoms with E-state index in [4.69, 9.17) is 0 Å². The van der Waals surface area contributed by atoms with E-state index in [9.17, 15) is 15.0 Å². The summed E-state index contributed by atoms with van der Waals surface area (Å²) >= 11 is 0. The van der Waals surface area contributed by atoms with Crippen LogP contribution in [0, 0.1) is 0 Å². The van der Waals surface area contributed by atoms with Gasteiger partial charge >= 0.3 is 0 Å². The highest BCUT2D eigenvalue weighted by Crippen LogP contribution is 2.18. The number of hydrogen-bond acceptors (Lipinski definition) is 3. The molecule has 0 radical (unpaired) electrons. The van der Waals surface area contributed by atoms with Crippen LogP contribution in [0.2, 0.25) is 0 Å². The quantitative estimate of drug-likeness (QED) is 0.0420. The summed E-state index contributed by atoms with van der Waals surface area (Å²) < 4.78 is 0. The molecule has 440 valence electrons. The van der Waals surface area contributed by atoms with E-state index in [1.807, 2.05) is 6.08 Å². The first kappa shape index (κ1) is 73.1. The van der Waals surface area contributed by atoms with Gasteiger partial charge in [0.05, 0.1) is 18.8 Å². The fraction of sp³-hybridized carbons (Fsp3) is 0.845. The van der Waals surface area contributed by atoms with Crippen molar-refractivity contribution in [1.82, 2.24) is 5.32 Å². The highest BCUT2D eigenvalue weighted by atomic mass is 16.3. The third-order valence-electron chi connectivity index (χ3n) is 15.7. The molecule has 0 bridgehead atoms. The Labute approximate surface area is 470 Å². The van der Waals surface area contributed by atoms with Gasteiger partial charge in [-0.25, -0.2) is 0 Å². The van der Waals surface area contributed by atoms with Crippen molar-refractivity contribution in [2.75, 3.05) is 6.61 Å². The fourth-order valence-corrected chi connectivity index (χ4v) is 10.6. The van der Waals surface area contributed by atoms with E-state index in [0.29, 0.717) is 6.42 Å². The molecule has 2 atom stereocenters. The SMILES string of the molecule is CCCCCCC/C=C\C/C=C\C/C=C\CCCCCCCCCCCCCCCCCCCCCCCCCCC(=O)NC(CO)C(O)/C=C/CC/C=C/CCCCCCCCCCCCCCCCCCCC. The lowest BCUT2D eigenvalue weighted by Gasteiger charge is -2.19. The van der Waals surface area contributed by atoms with Crippen LogP contribution in [0.25, 0.3) is 0 Å². The largest absolute Gasteiger partial charge is 0.394 e. The Morgan fingerprint density at radius 3 is 0.867 bits per heavy atom. The maximum Gasteiger partial charge on any atom is 0.220 e. The number of amides is 1. The summed E-state index contributed by atoms with van der Waals surface area (Å²) in [6.45, 7) is 4.32. The van der Waals surface area contributed by atoms with Crippen molar-refractivity contribution in [2.45, 2.75) is 379 Å². The number of unbranched alkanes of at least 4 members (excludes halogenated alkanes) is 48. The minimum absolute atomic E-state index is 0.0674. The van der Waals surface area contributed by atoms with Gasteiger partial charge in [-0.2, -0.15) is 0 Å². The summed E-state index contributed by atoms with van der Waals surface area (Å²) in [5.74, 6) is -0.0674. The van der Waals surface area contributed by atoms with Crippen LogP contribution in [-0.4, -0.2) is 34.9 Å². The van der Waals surface area contributed by atoms with Gasteiger partial charge in [0.1, 0.15) is 0 Å². The Morgan fingerprint density at radius 2 is 0.560 bits per heavy atom. The number of carbonyl (C=O) groups is 1. The Balaban J connectivity index is 3.44. The van der Waals surface area contributed by atoms with Crippen LogP contribution in [0.15, 0.2) is 60.8 Å². The van der Waals surface area contributed by atoms with Crippen LogP contribution in [0.4, 0.5) is 0 Å². The molecule has 2 unspecified atom stereocenters. The standard InChI is InChI=1S/C71H133NO3/c1-3-5-7-9-11-13-15-17-19-21-23-25-27-29-30-31-32-33-34-35-36-37-38-39-40-41-42-43-45-47-49-51-53-55-57-59-61-63-65-67-71(75)72-69(68-73)70(74)66-64-62-60-58-56-54-52-50-48-46-44-28-26-24-22-20-18-16-14-12-10-8-6-4-2/h15,17,21,23,27,29,56,58,64,66,69-70,73-74H,3-14,16,18-20,22,24-26,28,30-55,57,59-63,65,67-68H2,1-2H3,(H,72,75)/b17-15-,23-21-,29-27-,58-56+,66-64+. The normalized spacial score (nSPS) is 13.1. The maximum atomic E-state index is 12.5. The van der Waals surface area contributed by atoms with Gasteiger partial charge in [0.15, 0.2) is 0 Å². The minimum atomic E-state index is -0.863. The van der Waals surface area contributed by atoms with Crippen molar-refractivity contribution in [1.29, 1.82) is 0 Å². The van der Waals surface area contributed by atoms with E-state index >= 15 is 0 Å². The van der Waals surface area contributed by atoms with Gasteiger partial charge in [-0.05, 0) is 70.6 Å². The monoisotopic (exact) mass is 1050 g/mol. The topological polar surface area (TPSA) is 69.6 Å². The number of hydrogen-bond donors (Lipinski definition) is 3. The minimum Gasteiger partial charge on any atom is -0.394 e. The van der Waals surface area contributed by atoms with E-state index in [2.05, 4.69) is 67.8 Å². The smallest absolute Gasteiger partial charge is 0.220 e. The van der Waals surface area contributed by atoms with Crippen molar-refractivity contribution < 1.29 is 15.0 Å². The molecule has 0 spiro atoms. The molecule has 0 aliphatic rings. The first-order chi connectivity index (χ1) is 37.2. The number of allylic oxidation sites excluding steroid dienone is 9. The zero-order valence-electron chi connectivity index (χ0n) is 50.8. The van der Waals surface area contributed by atoms with Gasteiger partial charge in [0.2, 0.25) is 5.91 Å². The molecule has 0 aromatic carbocycles. The molecule has 0 aliphatic carbocycles. The number of nitrogens with one attached hydrogen (secondary N) is 1. The van der Waals surface area contributed by atoms with Crippen molar-refractivity contribution in [3.63, 3.8) is 0 Å². The van der Waals surface area contributed by atoms with Crippen molar-refractivity contribution in [3.05, 3.63) is 60.8 Å². The number of aliphatic hydroxyl groups excluding tert-OH is 2. The van der Waals surface area contributed by atoms with E-state index in [-0.39, 0.29) is 12.5 Å². The van der Waals surface area contributed by atoms with Gasteiger partial charge in [0.25, 0.3) is 0 Å². The lowest BCUT2D eigenvalue weighted by Crippen LogP contribution is -2.45. The van der Waals surface area contributed by atoms with Gasteiger partial charge in [0, 0.05) is 6.42 Å². The van der Waals surface area contributed by atoms with E-state index in [1.54, 1.807) is 6.08 Å². The molecule has 0 aromatic rings. The Hall–Kier alpha value is -1.91. The third-order valence-corrected chi connectivity index (χ3v) is 15.7. The second-order valence-electron chi connectivity index (χ2n) is 23.2. The van der Waals surface area contributed by atoms with Crippen molar-refractivity contribution in [3.8, 4) is 0 Å². The summed E-state index contributed by atoms with van der Waals surface area (Å²) in [5.41, 5.74) is 0. The van der Waals surface area contributed by atoms with Crippen LogP contribution >= 0.6 is 0 Å². The molecule has 0 aromatic heterocycles. The number of aliphatic hydroxyl groups is 2. The summed E-state index contributed by atoms with van der Waals surface area (Å²) in [6.07, 6.45) is 94.5. The van der Waals surface area contributed by atoms with Crippen molar-refractivity contribution >= 4 is 5.91 Å². The van der Waals surface area contributed by atoms with Crippen molar-refractivity contribution in [2.24, 2.45) is 0 Å². The van der Waals surface area contributed by atoms with Crippen LogP contribution < -0.4 is 5.32 Å². The first-order valence-corrected chi connectivity index (χ1v) is 34.0. The summed E-state index contributed by atoms with van der Waals surface area (Å²) in [6, 6.07) is -0.640. The van der Waals surface area contributed by atoms with E-state index in [0.717, 1.165) is 44.9 Å². The molecule has 4 nitrogen and oxygen atoms in total. The summed E-state index contributed by atoms with van der Waals surface area (Å²) in [7, 11) is 0.